The number of benzene rings is 1. The number of rotatable bonds is 6. The number of nitrogens with zero attached hydrogens (tertiary/aromatic N) is 2. The van der Waals surface area contributed by atoms with Gasteiger partial charge in [0.25, 0.3) is 0 Å². The van der Waals surface area contributed by atoms with E-state index in [-0.39, 0.29) is 36.5 Å². The maximum absolute atomic E-state index is 13.3. The minimum Gasteiger partial charge on any atom is -0.394 e. The van der Waals surface area contributed by atoms with E-state index >= 15 is 0 Å². The van der Waals surface area contributed by atoms with Crippen molar-refractivity contribution in [2.24, 2.45) is 5.92 Å². The topological polar surface area (TPSA) is 60.9 Å². The molecule has 3 fully saturated rings. The van der Waals surface area contributed by atoms with E-state index in [0.717, 1.165) is 51.4 Å². The first-order chi connectivity index (χ1) is 13.7. The Bertz CT molecular complexity index is 692. The molecule has 1 aromatic carbocycles. The number of carbonyl (C=O) groups excluding carboxylic acids is 2. The van der Waals surface area contributed by atoms with Crippen LogP contribution in [0.4, 0.5) is 0 Å². The minimum atomic E-state index is -0.313. The molecular formula is C23H32N2O3. The highest BCUT2D eigenvalue weighted by molar-refractivity contribution is 5.89. The molecule has 0 unspecified atom stereocenters. The van der Waals surface area contributed by atoms with Crippen molar-refractivity contribution in [3.8, 4) is 0 Å². The predicted octanol–water partition coefficient (Wildman–Crippen LogP) is 2.76. The maximum Gasteiger partial charge on any atom is 0.245 e. The lowest BCUT2D eigenvalue weighted by atomic mass is 10.0. The third kappa shape index (κ3) is 3.82. The van der Waals surface area contributed by atoms with Crippen LogP contribution in [0.5, 0.6) is 0 Å². The van der Waals surface area contributed by atoms with Gasteiger partial charge in [0.15, 0.2) is 0 Å². The van der Waals surface area contributed by atoms with Crippen molar-refractivity contribution in [3.63, 3.8) is 0 Å². The first kappa shape index (κ1) is 19.4. The molecule has 3 aliphatic rings. The molecule has 1 N–H and O–H groups in total. The average molecular weight is 385 g/mol. The number of likely N-dealkylation sites (tertiary alicyclic amines) is 2. The summed E-state index contributed by atoms with van der Waals surface area (Å²) in [5, 5.41) is 9.61. The van der Waals surface area contributed by atoms with Gasteiger partial charge in [-0.1, -0.05) is 36.8 Å². The van der Waals surface area contributed by atoms with Crippen molar-refractivity contribution in [2.45, 2.75) is 75.9 Å². The third-order valence-corrected chi connectivity index (χ3v) is 6.98. The van der Waals surface area contributed by atoms with Gasteiger partial charge >= 0.3 is 0 Å². The number of hydrogen-bond acceptors (Lipinski definition) is 3. The molecule has 2 aliphatic heterocycles. The molecule has 0 spiro atoms. The Kier molecular flexibility index (Phi) is 6.00. The van der Waals surface area contributed by atoms with Crippen molar-refractivity contribution in [1.82, 2.24) is 9.80 Å². The van der Waals surface area contributed by atoms with Gasteiger partial charge < -0.3 is 14.9 Å². The molecule has 1 aliphatic carbocycles. The van der Waals surface area contributed by atoms with Crippen LogP contribution in [0.25, 0.3) is 0 Å². The van der Waals surface area contributed by atoms with E-state index in [9.17, 15) is 14.7 Å². The SMILES string of the molecule is O=C([C@@H]1C[C@@H]2CCC[C@@H]2N1C(=O)CCCc1ccccc1)N1CCC[C@H]1CO. The molecule has 5 nitrogen and oxygen atoms in total. The van der Waals surface area contributed by atoms with Gasteiger partial charge in [-0.3, -0.25) is 9.59 Å². The third-order valence-electron chi connectivity index (χ3n) is 6.98. The van der Waals surface area contributed by atoms with Crippen LogP contribution in [0.15, 0.2) is 30.3 Å². The van der Waals surface area contributed by atoms with E-state index in [4.69, 9.17) is 0 Å². The van der Waals surface area contributed by atoms with E-state index in [2.05, 4.69) is 12.1 Å². The quantitative estimate of drug-likeness (QED) is 0.820. The standard InChI is InChI=1S/C23H32N2O3/c26-16-19-11-6-14-24(19)23(28)21-15-18-10-5-12-20(18)25(21)22(27)13-4-9-17-7-2-1-3-8-17/h1-3,7-8,18-21,26H,4-6,9-16H2/t18-,19-,20-,21-/m0/s1. The second-order valence-electron chi connectivity index (χ2n) is 8.66. The molecular weight excluding hydrogens is 352 g/mol. The average Bonchev–Trinajstić information content (AvgIpc) is 3.43. The van der Waals surface area contributed by atoms with Gasteiger partial charge in [-0.15, -0.1) is 0 Å². The van der Waals surface area contributed by atoms with E-state index in [1.165, 1.54) is 5.56 Å². The van der Waals surface area contributed by atoms with Gasteiger partial charge in [0, 0.05) is 19.0 Å². The summed E-state index contributed by atoms with van der Waals surface area (Å²) in [5.74, 6) is 0.688. The van der Waals surface area contributed by atoms with Crippen LogP contribution in [0, 0.1) is 5.92 Å². The molecule has 4 rings (SSSR count). The Morgan fingerprint density at radius 2 is 1.89 bits per heavy atom. The maximum atomic E-state index is 13.3. The first-order valence-electron chi connectivity index (χ1n) is 11.0. The number of hydrogen-bond donors (Lipinski definition) is 1. The van der Waals surface area contributed by atoms with Crippen molar-refractivity contribution < 1.29 is 14.7 Å². The zero-order chi connectivity index (χ0) is 19.5. The molecule has 2 heterocycles. The van der Waals surface area contributed by atoms with Gasteiger partial charge in [-0.2, -0.15) is 0 Å². The first-order valence-corrected chi connectivity index (χ1v) is 11.0. The van der Waals surface area contributed by atoms with E-state index < -0.39 is 0 Å². The number of aliphatic hydroxyl groups is 1. The van der Waals surface area contributed by atoms with Crippen LogP contribution in [0.1, 0.15) is 56.9 Å². The van der Waals surface area contributed by atoms with Crippen molar-refractivity contribution >= 4 is 11.8 Å². The molecule has 2 saturated heterocycles. The normalized spacial score (nSPS) is 29.3. The second-order valence-corrected chi connectivity index (χ2v) is 8.66. The Morgan fingerprint density at radius 1 is 1.07 bits per heavy atom. The molecule has 28 heavy (non-hydrogen) atoms. The van der Waals surface area contributed by atoms with Crippen molar-refractivity contribution in [3.05, 3.63) is 35.9 Å². The molecule has 1 saturated carbocycles. The number of amides is 2. The lowest BCUT2D eigenvalue weighted by Crippen LogP contribution is -2.51. The Labute approximate surface area is 167 Å². The fourth-order valence-electron chi connectivity index (χ4n) is 5.59. The highest BCUT2D eigenvalue weighted by Gasteiger charge is 2.50. The summed E-state index contributed by atoms with van der Waals surface area (Å²) in [4.78, 5) is 30.2. The van der Waals surface area contributed by atoms with Crippen LogP contribution < -0.4 is 0 Å². The molecule has 152 valence electrons. The highest BCUT2D eigenvalue weighted by Crippen LogP contribution is 2.42. The van der Waals surface area contributed by atoms with Gasteiger partial charge in [-0.25, -0.2) is 0 Å². The van der Waals surface area contributed by atoms with Gasteiger partial charge in [0.2, 0.25) is 11.8 Å². The lowest BCUT2D eigenvalue weighted by Gasteiger charge is -2.33. The summed E-state index contributed by atoms with van der Waals surface area (Å²) in [5.41, 5.74) is 1.26. The zero-order valence-corrected chi connectivity index (χ0v) is 16.6. The highest BCUT2D eigenvalue weighted by atomic mass is 16.3. The van der Waals surface area contributed by atoms with Crippen molar-refractivity contribution in [2.75, 3.05) is 13.2 Å². The fraction of sp³-hybridized carbons (Fsp3) is 0.652. The largest absolute Gasteiger partial charge is 0.394 e. The van der Waals surface area contributed by atoms with Crippen LogP contribution in [-0.4, -0.2) is 58.0 Å². The summed E-state index contributed by atoms with van der Waals surface area (Å²) in [6, 6.07) is 10.1. The van der Waals surface area contributed by atoms with Crippen LogP contribution in [-0.2, 0) is 16.0 Å². The number of fused-ring (bicyclic) bond motifs is 1. The Morgan fingerprint density at radius 3 is 2.68 bits per heavy atom. The van der Waals surface area contributed by atoms with Gasteiger partial charge in [0.05, 0.1) is 12.6 Å². The molecule has 5 heteroatoms. The smallest absolute Gasteiger partial charge is 0.245 e. The fourth-order valence-corrected chi connectivity index (χ4v) is 5.59. The molecule has 4 atom stereocenters. The number of aryl methyl sites for hydroxylation is 1. The zero-order valence-electron chi connectivity index (χ0n) is 16.6. The van der Waals surface area contributed by atoms with E-state index in [0.29, 0.717) is 18.9 Å². The minimum absolute atomic E-state index is 0.0241. The Hall–Kier alpha value is -1.88. The molecule has 2 amide bonds. The van der Waals surface area contributed by atoms with Gasteiger partial charge in [0.1, 0.15) is 6.04 Å². The molecule has 0 radical (unpaired) electrons. The van der Waals surface area contributed by atoms with Crippen LogP contribution in [0.2, 0.25) is 0 Å². The van der Waals surface area contributed by atoms with E-state index in [1.807, 2.05) is 28.0 Å². The monoisotopic (exact) mass is 384 g/mol. The van der Waals surface area contributed by atoms with E-state index in [1.54, 1.807) is 0 Å². The molecule has 0 bridgehead atoms. The van der Waals surface area contributed by atoms with Gasteiger partial charge in [-0.05, 0) is 56.4 Å². The summed E-state index contributed by atoms with van der Waals surface area (Å²) in [6.07, 6.45) is 8.16. The predicted molar refractivity (Wildman–Crippen MR) is 108 cm³/mol. The van der Waals surface area contributed by atoms with Crippen LogP contribution in [0.3, 0.4) is 0 Å². The second kappa shape index (κ2) is 8.64. The molecule has 0 aromatic heterocycles. The summed E-state index contributed by atoms with van der Waals surface area (Å²) >= 11 is 0. The number of carbonyl (C=O) groups is 2. The molecule has 1 aromatic rings. The summed E-state index contributed by atoms with van der Waals surface area (Å²) < 4.78 is 0. The lowest BCUT2D eigenvalue weighted by molar-refractivity contribution is -0.146. The Balaban J connectivity index is 1.42. The van der Waals surface area contributed by atoms with Crippen LogP contribution >= 0.6 is 0 Å². The summed E-state index contributed by atoms with van der Waals surface area (Å²) in [7, 11) is 0. The number of aliphatic hydroxyl groups excluding tert-OH is 1. The summed E-state index contributed by atoms with van der Waals surface area (Å²) in [6.45, 7) is 0.738. The van der Waals surface area contributed by atoms with Crippen molar-refractivity contribution in [1.29, 1.82) is 0 Å².